The molecule has 0 N–H and O–H groups in total. The molecule has 9 rings (SSSR count). The monoisotopic (exact) mass is 706 g/mol. The standard InChI is InChI=1S/C44H42B8O3/c1-43(2)44(3,4)55-52(54-43)26-12-7-11-22(18-26)25-17-23-15-16-24(28-14-8-10-21-9-5-6-13-27(21)28)19-29(23)30(20-25)31-34(45)32-33-36(47)37(48)38(49)40(51)42(33)53-41(32)39(50)35(31)46/h5-20H,45-51H2,1-4H3. The van der Waals surface area contributed by atoms with Crippen molar-refractivity contribution in [3.8, 4) is 33.4 Å². The van der Waals surface area contributed by atoms with Crippen LogP contribution in [0.5, 0.6) is 0 Å². The molecule has 0 amide bonds. The average Bonchev–Trinajstić information content (AvgIpc) is 3.69. The van der Waals surface area contributed by atoms with E-state index in [1.54, 1.807) is 0 Å². The molecule has 8 aromatic rings. The summed E-state index contributed by atoms with van der Waals surface area (Å²) in [6, 6.07) is 35.7. The van der Waals surface area contributed by atoms with Crippen molar-refractivity contribution < 1.29 is 13.7 Å². The van der Waals surface area contributed by atoms with Crippen LogP contribution in [0.4, 0.5) is 0 Å². The molecule has 0 atom stereocenters. The summed E-state index contributed by atoms with van der Waals surface area (Å²) in [6.07, 6.45) is 0. The fraction of sp³-hybridized carbons (Fsp3) is 0.136. The van der Waals surface area contributed by atoms with Gasteiger partial charge in [-0.05, 0) is 106 Å². The Hall–Kier alpha value is -4.70. The first-order valence-corrected chi connectivity index (χ1v) is 19.6. The van der Waals surface area contributed by atoms with Crippen molar-refractivity contribution >= 4 is 149 Å². The van der Waals surface area contributed by atoms with E-state index >= 15 is 0 Å². The average molecular weight is 705 g/mol. The highest BCUT2D eigenvalue weighted by Gasteiger charge is 2.51. The Morgan fingerprint density at radius 3 is 1.84 bits per heavy atom. The van der Waals surface area contributed by atoms with Gasteiger partial charge in [0.1, 0.15) is 66.1 Å². The first-order valence-electron chi connectivity index (χ1n) is 19.6. The van der Waals surface area contributed by atoms with Crippen LogP contribution in [0.25, 0.3) is 76.9 Å². The zero-order valence-electron chi connectivity index (χ0n) is 34.0. The van der Waals surface area contributed by atoms with Crippen LogP contribution in [0.3, 0.4) is 0 Å². The zero-order chi connectivity index (χ0) is 38.7. The van der Waals surface area contributed by atoms with Gasteiger partial charge in [0.15, 0.2) is 0 Å². The third-order valence-electron chi connectivity index (χ3n) is 13.4. The van der Waals surface area contributed by atoms with E-state index < -0.39 is 18.3 Å². The second kappa shape index (κ2) is 12.7. The summed E-state index contributed by atoms with van der Waals surface area (Å²) in [5.74, 6) is 0. The summed E-state index contributed by atoms with van der Waals surface area (Å²) in [4.78, 5) is 0. The fourth-order valence-corrected chi connectivity index (χ4v) is 8.98. The van der Waals surface area contributed by atoms with Gasteiger partial charge in [0.05, 0.1) is 11.2 Å². The molecule has 1 saturated heterocycles. The van der Waals surface area contributed by atoms with Crippen molar-refractivity contribution in [1.29, 1.82) is 0 Å². The third kappa shape index (κ3) is 5.45. The summed E-state index contributed by atoms with van der Waals surface area (Å²) < 4.78 is 19.9. The minimum atomic E-state index is -0.434. The highest BCUT2D eigenvalue weighted by atomic mass is 16.7. The number of hydrogen-bond donors (Lipinski definition) is 0. The number of furan rings is 1. The minimum Gasteiger partial charge on any atom is -0.457 e. The minimum absolute atomic E-state index is 0.414. The molecule has 0 bridgehead atoms. The maximum absolute atomic E-state index is 6.85. The molecule has 260 valence electrons. The topological polar surface area (TPSA) is 31.6 Å². The molecule has 0 unspecified atom stereocenters. The van der Waals surface area contributed by atoms with E-state index in [-0.39, 0.29) is 0 Å². The normalized spacial score (nSPS) is 15.2. The van der Waals surface area contributed by atoms with Gasteiger partial charge >= 0.3 is 7.12 Å². The van der Waals surface area contributed by atoms with Gasteiger partial charge < -0.3 is 13.7 Å². The predicted octanol–water partition coefficient (Wildman–Crippen LogP) is -0.999. The molecule has 1 fully saturated rings. The predicted molar refractivity (Wildman–Crippen MR) is 258 cm³/mol. The number of benzene rings is 7. The molecule has 3 nitrogen and oxygen atoms in total. The van der Waals surface area contributed by atoms with Crippen LogP contribution < -0.4 is 43.7 Å². The van der Waals surface area contributed by atoms with Crippen LogP contribution in [-0.2, 0) is 9.31 Å². The highest BCUT2D eigenvalue weighted by Crippen LogP contribution is 2.39. The Balaban J connectivity index is 1.33. The van der Waals surface area contributed by atoms with Crippen molar-refractivity contribution in [2.45, 2.75) is 38.9 Å². The summed E-state index contributed by atoms with van der Waals surface area (Å²) in [6.45, 7) is 8.43. The quantitative estimate of drug-likeness (QED) is 0.221. The molecule has 0 radical (unpaired) electrons. The van der Waals surface area contributed by atoms with Crippen LogP contribution in [0.15, 0.2) is 101 Å². The SMILES string of the molecule is Bc1c(B)c(B)c2c(oc3c(B)c(B)c(-c4cc(-c5cccc(B6OC(C)(C)C(C)(C)O6)c5)cc5ccc(-c6cccc7ccccc67)cc45)c(B)c32)c1B. The third-order valence-corrected chi connectivity index (χ3v) is 13.4. The van der Waals surface area contributed by atoms with Crippen LogP contribution in [0.2, 0.25) is 0 Å². The summed E-state index contributed by atoms with van der Waals surface area (Å²) in [7, 11) is 15.3. The smallest absolute Gasteiger partial charge is 0.457 e. The van der Waals surface area contributed by atoms with E-state index in [1.165, 1.54) is 92.8 Å². The van der Waals surface area contributed by atoms with Crippen LogP contribution in [0, 0.1) is 0 Å². The zero-order valence-corrected chi connectivity index (χ0v) is 34.0. The van der Waals surface area contributed by atoms with Gasteiger partial charge in [-0.1, -0.05) is 112 Å². The molecule has 11 heteroatoms. The Bertz CT molecular complexity index is 2910. The fourth-order valence-electron chi connectivity index (χ4n) is 8.98. The summed E-state index contributed by atoms with van der Waals surface area (Å²) >= 11 is 0. The molecule has 0 saturated carbocycles. The van der Waals surface area contributed by atoms with Gasteiger partial charge in [0.25, 0.3) is 0 Å². The summed E-state index contributed by atoms with van der Waals surface area (Å²) in [5.41, 5.74) is 18.3. The molecular weight excluding hydrogens is 663 g/mol. The largest absolute Gasteiger partial charge is 0.494 e. The Kier molecular flexibility index (Phi) is 8.28. The van der Waals surface area contributed by atoms with Crippen molar-refractivity contribution in [2.75, 3.05) is 0 Å². The second-order valence-corrected chi connectivity index (χ2v) is 17.0. The van der Waals surface area contributed by atoms with Gasteiger partial charge in [0, 0.05) is 10.8 Å². The lowest BCUT2D eigenvalue weighted by Gasteiger charge is -2.32. The van der Waals surface area contributed by atoms with E-state index in [0.717, 1.165) is 27.8 Å². The van der Waals surface area contributed by atoms with Crippen LogP contribution in [0.1, 0.15) is 27.7 Å². The maximum Gasteiger partial charge on any atom is 0.494 e. The molecule has 7 aromatic carbocycles. The maximum atomic E-state index is 6.85. The van der Waals surface area contributed by atoms with Gasteiger partial charge in [-0.25, -0.2) is 0 Å². The van der Waals surface area contributed by atoms with E-state index in [9.17, 15) is 0 Å². The van der Waals surface area contributed by atoms with E-state index in [1.807, 2.05) is 0 Å². The molecule has 1 aliphatic heterocycles. The first kappa shape index (κ1) is 36.0. The molecule has 0 aliphatic carbocycles. The van der Waals surface area contributed by atoms with Crippen LogP contribution in [-0.4, -0.2) is 73.2 Å². The Morgan fingerprint density at radius 1 is 0.455 bits per heavy atom. The van der Waals surface area contributed by atoms with E-state index in [0.29, 0.717) is 0 Å². The molecule has 55 heavy (non-hydrogen) atoms. The van der Waals surface area contributed by atoms with Gasteiger partial charge in [-0.2, -0.15) is 0 Å². The number of hydrogen-bond acceptors (Lipinski definition) is 3. The molecule has 1 aromatic heterocycles. The van der Waals surface area contributed by atoms with E-state index in [4.69, 9.17) is 13.7 Å². The lowest BCUT2D eigenvalue weighted by Crippen LogP contribution is -2.47. The van der Waals surface area contributed by atoms with Crippen molar-refractivity contribution in [3.05, 3.63) is 97.1 Å². The first-order chi connectivity index (χ1) is 26.2. The highest BCUT2D eigenvalue weighted by molar-refractivity contribution is 6.69. The second-order valence-electron chi connectivity index (χ2n) is 17.0. The van der Waals surface area contributed by atoms with Gasteiger partial charge in [-0.15, -0.1) is 5.46 Å². The lowest BCUT2D eigenvalue weighted by atomic mass is 9.64. The summed E-state index contributed by atoms with van der Waals surface area (Å²) in [5, 5.41) is 7.40. The molecule has 1 aliphatic rings. The van der Waals surface area contributed by atoms with Crippen molar-refractivity contribution in [2.24, 2.45) is 0 Å². The molecular formula is C44H42B8O3. The molecule has 2 heterocycles. The van der Waals surface area contributed by atoms with Gasteiger partial charge in [-0.3, -0.25) is 0 Å². The van der Waals surface area contributed by atoms with Gasteiger partial charge in [0.2, 0.25) is 0 Å². The van der Waals surface area contributed by atoms with E-state index in [2.05, 4.69) is 180 Å². The van der Waals surface area contributed by atoms with Crippen molar-refractivity contribution in [3.63, 3.8) is 0 Å². The number of rotatable bonds is 4. The Morgan fingerprint density at radius 2 is 1.09 bits per heavy atom. The van der Waals surface area contributed by atoms with Crippen molar-refractivity contribution in [1.82, 2.24) is 0 Å². The number of fused-ring (bicyclic) bond motifs is 5. The molecule has 0 spiro atoms. The van der Waals surface area contributed by atoms with Crippen LogP contribution >= 0.6 is 0 Å². The lowest BCUT2D eigenvalue weighted by molar-refractivity contribution is 0.00578. The Labute approximate surface area is 330 Å².